The minimum absolute atomic E-state index is 0.133. The summed E-state index contributed by atoms with van der Waals surface area (Å²) in [7, 11) is 0. The van der Waals surface area contributed by atoms with E-state index < -0.39 is 17.7 Å². The van der Waals surface area contributed by atoms with E-state index in [0.717, 1.165) is 0 Å². The average Bonchev–Trinajstić information content (AvgIpc) is 2.70. The fourth-order valence-electron chi connectivity index (χ4n) is 1.89. The molecule has 2 aromatic rings. The molecule has 0 atom stereocenters. The minimum atomic E-state index is -1.55. The van der Waals surface area contributed by atoms with Gasteiger partial charge in [-0.3, -0.25) is 9.78 Å². The van der Waals surface area contributed by atoms with Crippen molar-refractivity contribution in [2.45, 2.75) is 25.6 Å². The molecular formula is C20H18O6. The van der Waals surface area contributed by atoms with Gasteiger partial charge in [-0.15, -0.1) is 22.1 Å². The van der Waals surface area contributed by atoms with Gasteiger partial charge >= 0.3 is 11.9 Å². The molecule has 0 spiro atoms. The van der Waals surface area contributed by atoms with Crippen LogP contribution in [0.2, 0.25) is 0 Å². The molecule has 2 aromatic carbocycles. The van der Waals surface area contributed by atoms with E-state index in [2.05, 4.69) is 5.92 Å². The van der Waals surface area contributed by atoms with E-state index in [1.807, 2.05) is 0 Å². The fraction of sp³-hybridized carbons (Fsp3) is 0.200. The summed E-state index contributed by atoms with van der Waals surface area (Å²) in [4.78, 5) is 43.7. The first-order chi connectivity index (χ1) is 12.5. The van der Waals surface area contributed by atoms with Gasteiger partial charge in [-0.1, -0.05) is 36.4 Å². The Hall–Kier alpha value is -3.14. The summed E-state index contributed by atoms with van der Waals surface area (Å²) in [5.41, 5.74) is 0.598. The Morgan fingerprint density at radius 1 is 0.885 bits per heavy atom. The van der Waals surface area contributed by atoms with Crippen LogP contribution in [-0.2, 0) is 19.6 Å². The summed E-state index contributed by atoms with van der Waals surface area (Å²) in [6.45, 7) is 1.45. The van der Waals surface area contributed by atoms with Gasteiger partial charge in [0.05, 0.1) is 11.1 Å². The Labute approximate surface area is 151 Å². The van der Waals surface area contributed by atoms with E-state index in [4.69, 9.17) is 26.0 Å². The van der Waals surface area contributed by atoms with Crippen LogP contribution in [0.1, 0.15) is 40.5 Å². The van der Waals surface area contributed by atoms with Gasteiger partial charge in [-0.2, -0.15) is 0 Å². The van der Waals surface area contributed by atoms with Gasteiger partial charge in [0.25, 0.3) is 5.79 Å². The SMILES string of the molecule is C#CCCC(C)(OOC(=O)c1ccccc1)OOC(=O)c1ccccc1. The molecule has 0 aliphatic heterocycles. The van der Waals surface area contributed by atoms with Crippen LogP contribution in [-0.4, -0.2) is 17.7 Å². The standard InChI is InChI=1S/C20H18O6/c1-3-4-15-20(2,25-23-18(21)16-11-7-5-8-12-16)26-24-19(22)17-13-9-6-10-14-17/h1,5-14H,4,15H2,2H3. The quantitative estimate of drug-likeness (QED) is 0.312. The molecular weight excluding hydrogens is 336 g/mol. The van der Waals surface area contributed by atoms with Crippen molar-refractivity contribution in [1.82, 2.24) is 0 Å². The Morgan fingerprint density at radius 3 is 1.69 bits per heavy atom. The molecule has 0 bridgehead atoms. The van der Waals surface area contributed by atoms with Crippen molar-refractivity contribution in [2.75, 3.05) is 0 Å². The minimum Gasteiger partial charge on any atom is -0.290 e. The van der Waals surface area contributed by atoms with Gasteiger partial charge in [-0.25, -0.2) is 9.59 Å². The molecule has 2 rings (SSSR count). The van der Waals surface area contributed by atoms with Crippen LogP contribution in [0, 0.1) is 12.3 Å². The van der Waals surface area contributed by atoms with Crippen LogP contribution in [0.3, 0.4) is 0 Å². The highest BCUT2D eigenvalue weighted by molar-refractivity contribution is 5.89. The third-order valence-electron chi connectivity index (χ3n) is 3.33. The number of benzene rings is 2. The molecule has 6 heteroatoms. The number of hydrogen-bond donors (Lipinski definition) is 0. The normalized spacial score (nSPS) is 10.6. The molecule has 0 N–H and O–H groups in total. The number of terminal acetylenes is 1. The molecule has 26 heavy (non-hydrogen) atoms. The van der Waals surface area contributed by atoms with E-state index in [-0.39, 0.29) is 12.8 Å². The van der Waals surface area contributed by atoms with Crippen LogP contribution < -0.4 is 0 Å². The smallest absolute Gasteiger partial charge is 0.290 e. The Kier molecular flexibility index (Phi) is 6.92. The molecule has 0 saturated heterocycles. The lowest BCUT2D eigenvalue weighted by Crippen LogP contribution is -2.34. The van der Waals surface area contributed by atoms with E-state index in [0.29, 0.717) is 11.1 Å². The van der Waals surface area contributed by atoms with Crippen molar-refractivity contribution in [3.8, 4) is 12.3 Å². The monoisotopic (exact) mass is 354 g/mol. The first-order valence-corrected chi connectivity index (χ1v) is 7.88. The lowest BCUT2D eigenvalue weighted by atomic mass is 10.2. The lowest BCUT2D eigenvalue weighted by molar-refractivity contribution is -0.470. The fourth-order valence-corrected chi connectivity index (χ4v) is 1.89. The third kappa shape index (κ3) is 5.74. The summed E-state index contributed by atoms with van der Waals surface area (Å²) in [6, 6.07) is 16.6. The highest BCUT2D eigenvalue weighted by atomic mass is 17.3. The molecule has 0 saturated carbocycles. The largest absolute Gasteiger partial charge is 0.373 e. The van der Waals surface area contributed by atoms with Crippen molar-refractivity contribution in [2.24, 2.45) is 0 Å². The Bertz CT molecular complexity index is 708. The van der Waals surface area contributed by atoms with Crippen molar-refractivity contribution in [3.63, 3.8) is 0 Å². The van der Waals surface area contributed by atoms with Crippen molar-refractivity contribution in [3.05, 3.63) is 71.8 Å². The number of hydrogen-bond acceptors (Lipinski definition) is 6. The summed E-state index contributed by atoms with van der Waals surface area (Å²) < 4.78 is 0. The second kappa shape index (κ2) is 9.37. The summed E-state index contributed by atoms with van der Waals surface area (Å²) in [5, 5.41) is 0. The number of carbonyl (C=O) groups is 2. The van der Waals surface area contributed by atoms with Gasteiger partial charge in [0, 0.05) is 12.8 Å². The van der Waals surface area contributed by atoms with E-state index >= 15 is 0 Å². The van der Waals surface area contributed by atoms with Crippen LogP contribution in [0.4, 0.5) is 0 Å². The molecule has 0 aliphatic carbocycles. The van der Waals surface area contributed by atoms with Crippen LogP contribution in [0.5, 0.6) is 0 Å². The molecule has 0 aliphatic rings. The maximum atomic E-state index is 12.0. The summed E-state index contributed by atoms with van der Waals surface area (Å²) in [6.07, 6.45) is 5.64. The summed E-state index contributed by atoms with van der Waals surface area (Å²) in [5.74, 6) is -0.558. The molecule has 0 heterocycles. The highest BCUT2D eigenvalue weighted by Gasteiger charge is 2.33. The molecule has 0 aromatic heterocycles. The highest BCUT2D eigenvalue weighted by Crippen LogP contribution is 2.22. The van der Waals surface area contributed by atoms with E-state index in [9.17, 15) is 9.59 Å². The molecule has 0 fully saturated rings. The van der Waals surface area contributed by atoms with Crippen molar-refractivity contribution >= 4 is 11.9 Å². The van der Waals surface area contributed by atoms with Crippen LogP contribution >= 0.6 is 0 Å². The van der Waals surface area contributed by atoms with Gasteiger partial charge in [0.1, 0.15) is 0 Å². The zero-order valence-corrected chi connectivity index (χ0v) is 14.2. The maximum Gasteiger partial charge on any atom is 0.373 e. The third-order valence-corrected chi connectivity index (χ3v) is 3.33. The average molecular weight is 354 g/mol. The molecule has 0 amide bonds. The van der Waals surface area contributed by atoms with Gasteiger partial charge in [0.15, 0.2) is 0 Å². The van der Waals surface area contributed by atoms with Gasteiger partial charge in [0.2, 0.25) is 0 Å². The van der Waals surface area contributed by atoms with Crippen LogP contribution in [0.25, 0.3) is 0 Å². The Morgan fingerprint density at radius 2 is 1.31 bits per heavy atom. The second-order valence-corrected chi connectivity index (χ2v) is 5.48. The lowest BCUT2D eigenvalue weighted by Gasteiger charge is -2.24. The zero-order chi connectivity index (χ0) is 18.8. The van der Waals surface area contributed by atoms with Crippen molar-refractivity contribution in [1.29, 1.82) is 0 Å². The Balaban J connectivity index is 1.96. The van der Waals surface area contributed by atoms with E-state index in [1.165, 1.54) is 6.92 Å². The molecule has 134 valence electrons. The van der Waals surface area contributed by atoms with E-state index in [1.54, 1.807) is 60.7 Å². The van der Waals surface area contributed by atoms with Gasteiger partial charge in [-0.05, 0) is 31.2 Å². The number of rotatable bonds is 8. The van der Waals surface area contributed by atoms with Crippen LogP contribution in [0.15, 0.2) is 60.7 Å². The predicted octanol–water partition coefficient (Wildman–Crippen LogP) is 3.69. The summed E-state index contributed by atoms with van der Waals surface area (Å²) >= 11 is 0. The zero-order valence-electron chi connectivity index (χ0n) is 14.2. The second-order valence-electron chi connectivity index (χ2n) is 5.48. The van der Waals surface area contributed by atoms with Gasteiger partial charge < -0.3 is 0 Å². The first-order valence-electron chi connectivity index (χ1n) is 7.88. The topological polar surface area (TPSA) is 71.1 Å². The molecule has 0 radical (unpaired) electrons. The van der Waals surface area contributed by atoms with Crippen molar-refractivity contribution < 1.29 is 29.1 Å². The predicted molar refractivity (Wildman–Crippen MR) is 92.4 cm³/mol. The maximum absolute atomic E-state index is 12.0. The molecule has 6 nitrogen and oxygen atoms in total. The first kappa shape index (κ1) is 19.2. The molecule has 0 unspecified atom stereocenters. The number of carbonyl (C=O) groups excluding carboxylic acids is 2.